The van der Waals surface area contributed by atoms with Crippen molar-refractivity contribution in [1.82, 2.24) is 0 Å². The average Bonchev–Trinajstić information content (AvgIpc) is 2.83. The highest BCUT2D eigenvalue weighted by atomic mass is 16.3. The number of rotatable bonds is 0. The summed E-state index contributed by atoms with van der Waals surface area (Å²) in [4.78, 5) is 0. The molecule has 0 saturated carbocycles. The zero-order valence-electron chi connectivity index (χ0n) is 17.1. The lowest BCUT2D eigenvalue weighted by atomic mass is 9.92. The smallest absolute Gasteiger partial charge is 0.115 e. The van der Waals surface area contributed by atoms with Crippen molar-refractivity contribution in [2.45, 2.75) is 0 Å². The van der Waals surface area contributed by atoms with E-state index in [1.165, 1.54) is 0 Å². The van der Waals surface area contributed by atoms with Crippen LogP contribution >= 0.6 is 0 Å². The summed E-state index contributed by atoms with van der Waals surface area (Å²) in [5.41, 5.74) is 3.60. The topological polar surface area (TPSA) is 40.5 Å². The molecule has 0 spiro atoms. The zero-order chi connectivity index (χ0) is 21.9. The number of benzene rings is 5. The quantitative estimate of drug-likeness (QED) is 0.236. The highest BCUT2D eigenvalue weighted by Gasteiger charge is 2.11. The minimum absolute atomic E-state index is 0.225. The van der Waals surface area contributed by atoms with Crippen molar-refractivity contribution in [3.8, 4) is 35.2 Å². The Balaban J connectivity index is 1.75. The number of phenols is 2. The van der Waals surface area contributed by atoms with Crippen molar-refractivity contribution >= 4 is 21.5 Å². The lowest BCUT2D eigenvalue weighted by Crippen LogP contribution is -1.90. The molecule has 5 aromatic rings. The van der Waals surface area contributed by atoms with E-state index in [0.29, 0.717) is 0 Å². The van der Waals surface area contributed by atoms with Gasteiger partial charge in [-0.3, -0.25) is 0 Å². The van der Waals surface area contributed by atoms with Gasteiger partial charge in [-0.2, -0.15) is 0 Å². The fraction of sp³-hybridized carbons (Fsp3) is 0. The molecule has 0 radical (unpaired) electrons. The van der Waals surface area contributed by atoms with Gasteiger partial charge < -0.3 is 10.2 Å². The van der Waals surface area contributed by atoms with E-state index in [1.807, 2.05) is 48.5 Å². The Bertz CT molecular complexity index is 1390. The van der Waals surface area contributed by atoms with Crippen molar-refractivity contribution in [2.75, 3.05) is 0 Å². The fourth-order valence-electron chi connectivity index (χ4n) is 3.76. The van der Waals surface area contributed by atoms with Crippen LogP contribution in [0.1, 0.15) is 22.3 Å². The number of phenolic OH excluding ortho intramolecular Hbond substituents is 2. The normalized spacial score (nSPS) is 10.2. The molecule has 32 heavy (non-hydrogen) atoms. The molecule has 0 aliphatic carbocycles. The molecule has 0 aromatic heterocycles. The van der Waals surface area contributed by atoms with Gasteiger partial charge in [-0.1, -0.05) is 72.2 Å². The van der Waals surface area contributed by atoms with E-state index in [9.17, 15) is 10.2 Å². The number of hydrogen-bond acceptors (Lipinski definition) is 2. The van der Waals surface area contributed by atoms with Crippen LogP contribution in [0.5, 0.6) is 11.5 Å². The summed E-state index contributed by atoms with van der Waals surface area (Å²) >= 11 is 0. The Labute approximate surface area is 186 Å². The largest absolute Gasteiger partial charge is 0.508 e. The van der Waals surface area contributed by atoms with E-state index < -0.39 is 0 Å². The van der Waals surface area contributed by atoms with Crippen LogP contribution < -0.4 is 0 Å². The molecule has 0 amide bonds. The van der Waals surface area contributed by atoms with Crippen molar-refractivity contribution in [2.24, 2.45) is 0 Å². The first kappa shape index (κ1) is 19.3. The predicted molar refractivity (Wildman–Crippen MR) is 130 cm³/mol. The van der Waals surface area contributed by atoms with Crippen LogP contribution in [-0.2, 0) is 0 Å². The molecule has 150 valence electrons. The standard InChI is InChI=1S/C30H18O2/c31-23-15-9-21(10-16-23)13-19-29-25-5-1-2-6-26(25)30(28-8-4-3-7-27(28)29)20-14-22-11-17-24(32)18-12-22/h1-12,15-18,31-32H. The number of hydrogen-bond donors (Lipinski definition) is 2. The summed E-state index contributed by atoms with van der Waals surface area (Å²) in [5, 5.41) is 23.3. The second-order valence-electron chi connectivity index (χ2n) is 7.43. The van der Waals surface area contributed by atoms with Crippen molar-refractivity contribution < 1.29 is 10.2 Å². The van der Waals surface area contributed by atoms with Gasteiger partial charge in [-0.25, -0.2) is 0 Å². The number of aromatic hydroxyl groups is 2. The Kier molecular flexibility index (Phi) is 4.97. The van der Waals surface area contributed by atoms with Gasteiger partial charge in [0.25, 0.3) is 0 Å². The van der Waals surface area contributed by atoms with Crippen LogP contribution in [0.15, 0.2) is 97.1 Å². The van der Waals surface area contributed by atoms with Crippen LogP contribution in [0.4, 0.5) is 0 Å². The molecule has 2 N–H and O–H groups in total. The van der Waals surface area contributed by atoms with Crippen LogP contribution in [0, 0.1) is 23.7 Å². The van der Waals surface area contributed by atoms with E-state index in [0.717, 1.165) is 43.8 Å². The molecule has 5 rings (SSSR count). The SMILES string of the molecule is Oc1ccc(C#Cc2c3ccccc3c(C#Cc3ccc(O)cc3)c3ccccc23)cc1. The second kappa shape index (κ2) is 8.23. The van der Waals surface area contributed by atoms with Gasteiger partial charge in [-0.05, 0) is 70.1 Å². The monoisotopic (exact) mass is 410 g/mol. The van der Waals surface area contributed by atoms with E-state index in [2.05, 4.69) is 47.9 Å². The lowest BCUT2D eigenvalue weighted by molar-refractivity contribution is 0.474. The van der Waals surface area contributed by atoms with E-state index in [1.54, 1.807) is 24.3 Å². The Morgan fingerprint density at radius 1 is 0.375 bits per heavy atom. The fourth-order valence-corrected chi connectivity index (χ4v) is 3.76. The Hall–Kier alpha value is -4.66. The van der Waals surface area contributed by atoms with Crippen LogP contribution in [0.3, 0.4) is 0 Å². The summed E-state index contributed by atoms with van der Waals surface area (Å²) in [7, 11) is 0. The van der Waals surface area contributed by atoms with Crippen LogP contribution in [0.2, 0.25) is 0 Å². The molecule has 0 unspecified atom stereocenters. The molecule has 0 fully saturated rings. The maximum Gasteiger partial charge on any atom is 0.115 e. The Morgan fingerprint density at radius 3 is 1.00 bits per heavy atom. The third-order valence-corrected chi connectivity index (χ3v) is 5.33. The third kappa shape index (κ3) is 3.74. The molecule has 0 aliphatic heterocycles. The zero-order valence-corrected chi connectivity index (χ0v) is 17.1. The molecule has 2 nitrogen and oxygen atoms in total. The first-order valence-electron chi connectivity index (χ1n) is 10.2. The van der Waals surface area contributed by atoms with E-state index >= 15 is 0 Å². The van der Waals surface area contributed by atoms with E-state index in [4.69, 9.17) is 0 Å². The van der Waals surface area contributed by atoms with Crippen molar-refractivity contribution in [1.29, 1.82) is 0 Å². The minimum atomic E-state index is 0.225. The van der Waals surface area contributed by atoms with Gasteiger partial charge in [-0.15, -0.1) is 0 Å². The average molecular weight is 410 g/mol. The summed E-state index contributed by atoms with van der Waals surface area (Å²) < 4.78 is 0. The lowest BCUT2D eigenvalue weighted by Gasteiger charge is -2.10. The molecular weight excluding hydrogens is 392 g/mol. The van der Waals surface area contributed by atoms with Gasteiger partial charge in [0.1, 0.15) is 11.5 Å². The maximum atomic E-state index is 9.53. The van der Waals surface area contributed by atoms with Gasteiger partial charge in [0.2, 0.25) is 0 Å². The van der Waals surface area contributed by atoms with Crippen molar-refractivity contribution in [3.05, 3.63) is 119 Å². The van der Waals surface area contributed by atoms with Crippen LogP contribution in [-0.4, -0.2) is 10.2 Å². The summed E-state index contributed by atoms with van der Waals surface area (Å²) in [6, 6.07) is 30.2. The summed E-state index contributed by atoms with van der Waals surface area (Å²) in [6.07, 6.45) is 0. The van der Waals surface area contributed by atoms with Crippen molar-refractivity contribution in [3.63, 3.8) is 0 Å². The molecule has 0 saturated heterocycles. The maximum absolute atomic E-state index is 9.53. The first-order valence-corrected chi connectivity index (χ1v) is 10.2. The highest BCUT2D eigenvalue weighted by molar-refractivity contribution is 6.09. The molecule has 0 bridgehead atoms. The van der Waals surface area contributed by atoms with Gasteiger partial charge >= 0.3 is 0 Å². The summed E-state index contributed by atoms with van der Waals surface area (Å²) in [6.45, 7) is 0. The third-order valence-electron chi connectivity index (χ3n) is 5.33. The molecular formula is C30H18O2. The predicted octanol–water partition coefficient (Wildman–Crippen LogP) is 6.20. The highest BCUT2D eigenvalue weighted by Crippen LogP contribution is 2.32. The molecule has 0 atom stereocenters. The van der Waals surface area contributed by atoms with Gasteiger partial charge in [0, 0.05) is 22.3 Å². The Morgan fingerprint density at radius 2 is 0.688 bits per heavy atom. The second-order valence-corrected chi connectivity index (χ2v) is 7.43. The number of fused-ring (bicyclic) bond motifs is 2. The van der Waals surface area contributed by atoms with Crippen LogP contribution in [0.25, 0.3) is 21.5 Å². The van der Waals surface area contributed by atoms with Gasteiger partial charge in [0.15, 0.2) is 0 Å². The molecule has 2 heteroatoms. The molecule has 0 heterocycles. The first-order chi connectivity index (χ1) is 15.7. The molecule has 5 aromatic carbocycles. The van der Waals surface area contributed by atoms with E-state index in [-0.39, 0.29) is 11.5 Å². The van der Waals surface area contributed by atoms with Gasteiger partial charge in [0.05, 0.1) is 0 Å². The minimum Gasteiger partial charge on any atom is -0.508 e. The summed E-state index contributed by atoms with van der Waals surface area (Å²) in [5.74, 6) is 13.7. The molecule has 0 aliphatic rings.